The number of carbonyl (C=O) groups excluding carboxylic acids is 1. The van der Waals surface area contributed by atoms with E-state index in [1.54, 1.807) is 0 Å². The number of carbonyl (C=O) groups is 1. The molecule has 1 aromatic carbocycles. The maximum Gasteiger partial charge on any atom is 0.248 e. The van der Waals surface area contributed by atoms with Gasteiger partial charge in [-0.3, -0.25) is 4.79 Å². The second-order valence-corrected chi connectivity index (χ2v) is 6.32. The molecule has 8 heteroatoms. The van der Waals surface area contributed by atoms with Crippen molar-refractivity contribution >= 4 is 37.5 Å². The highest BCUT2D eigenvalue weighted by atomic mass is 79.9. The van der Waals surface area contributed by atoms with Crippen molar-refractivity contribution in [3.05, 3.63) is 34.8 Å². The molecule has 1 amide bonds. The molecule has 0 bridgehead atoms. The Hall–Kier alpha value is -1.38. The standard InChI is InChI=1S/C10H12BrN3O3S/c1-6(11)5-14-18(16,17)9-3-2-7(10(13)15)4-8(9)12/h2-4,14H,1,5,12H2,(H2,13,15). The third kappa shape index (κ3) is 3.56. The summed E-state index contributed by atoms with van der Waals surface area (Å²) in [5, 5.41) is 0. The minimum absolute atomic E-state index is 0.0410. The Morgan fingerprint density at radius 2 is 2.06 bits per heavy atom. The zero-order chi connectivity index (χ0) is 13.9. The molecule has 0 spiro atoms. The number of sulfonamides is 1. The Kier molecular flexibility index (Phi) is 4.49. The summed E-state index contributed by atoms with van der Waals surface area (Å²) in [4.78, 5) is 10.8. The van der Waals surface area contributed by atoms with E-state index in [1.165, 1.54) is 18.2 Å². The number of amides is 1. The molecule has 98 valence electrons. The zero-order valence-electron chi connectivity index (χ0n) is 9.31. The molecule has 1 rings (SSSR count). The van der Waals surface area contributed by atoms with Gasteiger partial charge in [0.1, 0.15) is 4.90 Å². The molecule has 0 fully saturated rings. The van der Waals surface area contributed by atoms with Crippen molar-refractivity contribution in [3.8, 4) is 0 Å². The van der Waals surface area contributed by atoms with Gasteiger partial charge in [-0.1, -0.05) is 22.5 Å². The predicted octanol–water partition coefficient (Wildman–Crippen LogP) is 0.555. The van der Waals surface area contributed by atoms with Crippen LogP contribution in [0, 0.1) is 0 Å². The van der Waals surface area contributed by atoms with Gasteiger partial charge in [-0.05, 0) is 18.2 Å². The molecule has 0 unspecified atom stereocenters. The summed E-state index contributed by atoms with van der Waals surface area (Å²) in [5.41, 5.74) is 10.8. The molecular weight excluding hydrogens is 322 g/mol. The highest BCUT2D eigenvalue weighted by molar-refractivity contribution is 9.11. The average molecular weight is 334 g/mol. The monoisotopic (exact) mass is 333 g/mol. The first-order valence-corrected chi connectivity index (χ1v) is 7.04. The minimum atomic E-state index is -3.75. The van der Waals surface area contributed by atoms with Crippen LogP contribution in [-0.4, -0.2) is 20.9 Å². The van der Waals surface area contributed by atoms with Gasteiger partial charge in [0.25, 0.3) is 0 Å². The van der Waals surface area contributed by atoms with E-state index in [1.807, 2.05) is 0 Å². The molecule has 0 heterocycles. The Balaban J connectivity index is 3.10. The molecule has 0 atom stereocenters. The molecular formula is C10H12BrN3O3S. The second kappa shape index (κ2) is 5.51. The van der Waals surface area contributed by atoms with Crippen LogP contribution >= 0.6 is 15.9 Å². The first-order valence-electron chi connectivity index (χ1n) is 4.76. The maximum atomic E-state index is 11.9. The topological polar surface area (TPSA) is 115 Å². The summed E-state index contributed by atoms with van der Waals surface area (Å²) < 4.78 is 26.5. The molecule has 0 saturated heterocycles. The van der Waals surface area contributed by atoms with Crippen molar-refractivity contribution in [2.24, 2.45) is 5.73 Å². The molecule has 6 nitrogen and oxygen atoms in total. The summed E-state index contributed by atoms with van der Waals surface area (Å²) in [6.07, 6.45) is 0. The minimum Gasteiger partial charge on any atom is -0.398 e. The molecule has 0 radical (unpaired) electrons. The first-order chi connectivity index (χ1) is 8.24. The third-order valence-corrected chi connectivity index (χ3v) is 3.79. The van der Waals surface area contributed by atoms with Crippen LogP contribution in [0.5, 0.6) is 0 Å². The van der Waals surface area contributed by atoms with E-state index in [-0.39, 0.29) is 22.7 Å². The van der Waals surface area contributed by atoms with Crippen LogP contribution in [0.1, 0.15) is 10.4 Å². The fraction of sp³-hybridized carbons (Fsp3) is 0.100. The smallest absolute Gasteiger partial charge is 0.248 e. The van der Waals surface area contributed by atoms with Gasteiger partial charge in [-0.25, -0.2) is 13.1 Å². The normalized spacial score (nSPS) is 11.2. The van der Waals surface area contributed by atoms with E-state index in [0.29, 0.717) is 4.48 Å². The van der Waals surface area contributed by atoms with Gasteiger partial charge >= 0.3 is 0 Å². The number of primary amides is 1. The van der Waals surface area contributed by atoms with Crippen LogP contribution in [0.3, 0.4) is 0 Å². The van der Waals surface area contributed by atoms with Crippen LogP contribution in [0.4, 0.5) is 5.69 Å². The van der Waals surface area contributed by atoms with E-state index in [9.17, 15) is 13.2 Å². The van der Waals surface area contributed by atoms with E-state index in [4.69, 9.17) is 11.5 Å². The van der Waals surface area contributed by atoms with E-state index in [2.05, 4.69) is 27.2 Å². The Labute approximate surface area is 113 Å². The van der Waals surface area contributed by atoms with Crippen LogP contribution in [0.25, 0.3) is 0 Å². The number of halogens is 1. The number of rotatable bonds is 5. The SMILES string of the molecule is C=C(Br)CNS(=O)(=O)c1ccc(C(N)=O)cc1N. The Morgan fingerprint density at radius 1 is 1.44 bits per heavy atom. The van der Waals surface area contributed by atoms with E-state index in [0.717, 1.165) is 0 Å². The summed E-state index contributed by atoms with van der Waals surface area (Å²) >= 11 is 3.03. The molecule has 0 aliphatic carbocycles. The molecule has 0 aromatic heterocycles. The summed E-state index contributed by atoms with van der Waals surface area (Å²) in [6, 6.07) is 3.75. The number of nitrogens with one attached hydrogen (secondary N) is 1. The van der Waals surface area contributed by atoms with E-state index < -0.39 is 15.9 Å². The Bertz CT molecular complexity index is 598. The van der Waals surface area contributed by atoms with Gasteiger partial charge in [-0.15, -0.1) is 0 Å². The molecule has 0 aliphatic heterocycles. The largest absolute Gasteiger partial charge is 0.398 e. The van der Waals surface area contributed by atoms with Gasteiger partial charge in [0, 0.05) is 16.6 Å². The molecule has 5 N–H and O–H groups in total. The zero-order valence-corrected chi connectivity index (χ0v) is 11.7. The second-order valence-electron chi connectivity index (χ2n) is 3.46. The number of nitrogens with two attached hydrogens (primary N) is 2. The number of hydrogen-bond donors (Lipinski definition) is 3. The van der Waals surface area contributed by atoms with Gasteiger partial charge in [0.15, 0.2) is 0 Å². The van der Waals surface area contributed by atoms with Crippen LogP contribution in [-0.2, 0) is 10.0 Å². The fourth-order valence-electron chi connectivity index (χ4n) is 1.20. The molecule has 1 aromatic rings. The highest BCUT2D eigenvalue weighted by Gasteiger charge is 2.18. The summed E-state index contributed by atoms with van der Waals surface area (Å²) in [5.74, 6) is -0.674. The lowest BCUT2D eigenvalue weighted by atomic mass is 10.2. The maximum absolute atomic E-state index is 11.9. The lowest BCUT2D eigenvalue weighted by Crippen LogP contribution is -2.26. The number of anilines is 1. The quantitative estimate of drug-likeness (QED) is 0.682. The van der Waals surface area contributed by atoms with Crippen molar-refractivity contribution in [2.75, 3.05) is 12.3 Å². The lowest BCUT2D eigenvalue weighted by Gasteiger charge is -2.09. The van der Waals surface area contributed by atoms with Crippen molar-refractivity contribution in [3.63, 3.8) is 0 Å². The molecule has 18 heavy (non-hydrogen) atoms. The number of nitrogen functional groups attached to an aromatic ring is 1. The molecule has 0 aliphatic rings. The van der Waals surface area contributed by atoms with Gasteiger partial charge in [0.05, 0.1) is 5.69 Å². The van der Waals surface area contributed by atoms with Gasteiger partial charge in [0.2, 0.25) is 15.9 Å². The van der Waals surface area contributed by atoms with Crippen LogP contribution < -0.4 is 16.2 Å². The van der Waals surface area contributed by atoms with Crippen molar-refractivity contribution in [1.29, 1.82) is 0 Å². The third-order valence-electron chi connectivity index (χ3n) is 2.04. The Morgan fingerprint density at radius 3 is 2.50 bits per heavy atom. The van der Waals surface area contributed by atoms with Crippen LogP contribution in [0.2, 0.25) is 0 Å². The van der Waals surface area contributed by atoms with Crippen molar-refractivity contribution < 1.29 is 13.2 Å². The van der Waals surface area contributed by atoms with Crippen molar-refractivity contribution in [2.45, 2.75) is 4.90 Å². The van der Waals surface area contributed by atoms with Gasteiger partial charge < -0.3 is 11.5 Å². The van der Waals surface area contributed by atoms with Gasteiger partial charge in [-0.2, -0.15) is 0 Å². The number of hydrogen-bond acceptors (Lipinski definition) is 4. The number of benzene rings is 1. The van der Waals surface area contributed by atoms with E-state index >= 15 is 0 Å². The first kappa shape index (κ1) is 14.7. The van der Waals surface area contributed by atoms with Crippen LogP contribution in [0.15, 0.2) is 34.2 Å². The summed E-state index contributed by atoms with van der Waals surface area (Å²) in [6.45, 7) is 3.55. The van der Waals surface area contributed by atoms with Crippen molar-refractivity contribution in [1.82, 2.24) is 4.72 Å². The lowest BCUT2D eigenvalue weighted by molar-refractivity contribution is 0.1000. The highest BCUT2D eigenvalue weighted by Crippen LogP contribution is 2.19. The predicted molar refractivity (Wildman–Crippen MR) is 72.6 cm³/mol. The average Bonchev–Trinajstić information content (AvgIpc) is 2.26. The molecule has 0 saturated carbocycles. The fourth-order valence-corrected chi connectivity index (χ4v) is 2.66. The summed E-state index contributed by atoms with van der Waals surface area (Å²) in [7, 11) is -3.75.